The van der Waals surface area contributed by atoms with Crippen molar-refractivity contribution in [3.8, 4) is 0 Å². The van der Waals surface area contributed by atoms with E-state index < -0.39 is 0 Å². The molecule has 0 spiro atoms. The summed E-state index contributed by atoms with van der Waals surface area (Å²) in [4.78, 5) is 16.8. The molecule has 18 heavy (non-hydrogen) atoms. The molecule has 2 unspecified atom stereocenters. The van der Waals surface area contributed by atoms with Crippen molar-refractivity contribution in [3.05, 3.63) is 12.2 Å². The summed E-state index contributed by atoms with van der Waals surface area (Å²) < 4.78 is 0. The van der Waals surface area contributed by atoms with Gasteiger partial charge in [-0.05, 0) is 25.2 Å². The van der Waals surface area contributed by atoms with Crippen molar-refractivity contribution >= 4 is 5.91 Å². The Bertz CT molecular complexity index is 343. The van der Waals surface area contributed by atoms with Crippen LogP contribution in [0, 0.1) is 11.8 Å². The SMILES string of the molecule is NC1C=CC(C(=O)N2CCN(CC3CC3)CC2)C1. The molecule has 2 atom stereocenters. The average Bonchev–Trinajstić information content (AvgIpc) is 3.09. The van der Waals surface area contributed by atoms with E-state index in [1.165, 1.54) is 19.4 Å². The predicted octanol–water partition coefficient (Wildman–Crippen LogP) is 0.444. The Labute approximate surface area is 109 Å². The number of piperazine rings is 1. The van der Waals surface area contributed by atoms with E-state index in [4.69, 9.17) is 5.73 Å². The van der Waals surface area contributed by atoms with Gasteiger partial charge < -0.3 is 10.6 Å². The van der Waals surface area contributed by atoms with Crippen LogP contribution in [0.15, 0.2) is 12.2 Å². The van der Waals surface area contributed by atoms with E-state index in [2.05, 4.69) is 4.90 Å². The molecule has 0 aromatic heterocycles. The van der Waals surface area contributed by atoms with Crippen molar-refractivity contribution in [2.75, 3.05) is 32.7 Å². The number of nitrogens with zero attached hydrogens (tertiary/aromatic N) is 2. The van der Waals surface area contributed by atoms with Gasteiger partial charge in [-0.3, -0.25) is 9.69 Å². The van der Waals surface area contributed by atoms with E-state index in [9.17, 15) is 4.79 Å². The number of hydrogen-bond donors (Lipinski definition) is 1. The molecule has 0 radical (unpaired) electrons. The smallest absolute Gasteiger partial charge is 0.229 e. The topological polar surface area (TPSA) is 49.6 Å². The van der Waals surface area contributed by atoms with Gasteiger partial charge in [-0.15, -0.1) is 0 Å². The van der Waals surface area contributed by atoms with Crippen LogP contribution >= 0.6 is 0 Å². The van der Waals surface area contributed by atoms with Gasteiger partial charge in [0.1, 0.15) is 0 Å². The molecular formula is C14H23N3O. The second kappa shape index (κ2) is 5.02. The zero-order valence-electron chi connectivity index (χ0n) is 10.9. The minimum Gasteiger partial charge on any atom is -0.340 e. The van der Waals surface area contributed by atoms with Crippen LogP contribution < -0.4 is 5.73 Å². The van der Waals surface area contributed by atoms with Crippen LogP contribution in [0.4, 0.5) is 0 Å². The predicted molar refractivity (Wildman–Crippen MR) is 71.0 cm³/mol. The molecule has 3 rings (SSSR count). The number of carbonyl (C=O) groups is 1. The summed E-state index contributed by atoms with van der Waals surface area (Å²) in [5, 5.41) is 0. The lowest BCUT2D eigenvalue weighted by Crippen LogP contribution is -2.50. The molecule has 1 saturated heterocycles. The van der Waals surface area contributed by atoms with Crippen molar-refractivity contribution in [1.29, 1.82) is 0 Å². The molecule has 1 heterocycles. The van der Waals surface area contributed by atoms with E-state index in [-0.39, 0.29) is 17.9 Å². The van der Waals surface area contributed by atoms with Crippen molar-refractivity contribution < 1.29 is 4.79 Å². The van der Waals surface area contributed by atoms with Crippen LogP contribution in [-0.4, -0.2) is 54.5 Å². The Kier molecular flexibility index (Phi) is 3.39. The first-order valence-electron chi connectivity index (χ1n) is 7.17. The maximum atomic E-state index is 12.3. The molecule has 4 heteroatoms. The highest BCUT2D eigenvalue weighted by Gasteiger charge is 2.31. The van der Waals surface area contributed by atoms with Gasteiger partial charge in [-0.25, -0.2) is 0 Å². The molecule has 4 nitrogen and oxygen atoms in total. The Hall–Kier alpha value is -0.870. The molecule has 3 aliphatic rings. The summed E-state index contributed by atoms with van der Waals surface area (Å²) in [7, 11) is 0. The third-order valence-corrected chi connectivity index (χ3v) is 4.33. The average molecular weight is 249 g/mol. The quantitative estimate of drug-likeness (QED) is 0.739. The van der Waals surface area contributed by atoms with Gasteiger partial charge in [-0.2, -0.15) is 0 Å². The maximum absolute atomic E-state index is 12.3. The number of rotatable bonds is 3. The fourth-order valence-electron chi connectivity index (χ4n) is 2.96. The molecule has 0 bridgehead atoms. The Morgan fingerprint density at radius 1 is 1.17 bits per heavy atom. The van der Waals surface area contributed by atoms with Crippen LogP contribution in [-0.2, 0) is 4.79 Å². The molecular weight excluding hydrogens is 226 g/mol. The second-order valence-corrected chi connectivity index (χ2v) is 5.96. The first-order chi connectivity index (χ1) is 8.72. The van der Waals surface area contributed by atoms with Gasteiger partial charge in [-0.1, -0.05) is 12.2 Å². The highest BCUT2D eigenvalue weighted by Crippen LogP contribution is 2.30. The monoisotopic (exact) mass is 249 g/mol. The van der Waals surface area contributed by atoms with Crippen LogP contribution in [0.3, 0.4) is 0 Å². The molecule has 2 aliphatic carbocycles. The first kappa shape index (κ1) is 12.2. The molecule has 100 valence electrons. The molecule has 2 fully saturated rings. The number of nitrogens with two attached hydrogens (primary N) is 1. The van der Waals surface area contributed by atoms with Gasteiger partial charge in [0, 0.05) is 38.8 Å². The van der Waals surface area contributed by atoms with Crippen LogP contribution in [0.25, 0.3) is 0 Å². The number of hydrogen-bond acceptors (Lipinski definition) is 3. The lowest BCUT2D eigenvalue weighted by Gasteiger charge is -2.35. The van der Waals surface area contributed by atoms with Gasteiger partial charge >= 0.3 is 0 Å². The van der Waals surface area contributed by atoms with E-state index in [0.29, 0.717) is 0 Å². The molecule has 2 N–H and O–H groups in total. The largest absolute Gasteiger partial charge is 0.340 e. The zero-order valence-corrected chi connectivity index (χ0v) is 10.9. The highest BCUT2D eigenvalue weighted by molar-refractivity contribution is 5.81. The summed E-state index contributed by atoms with van der Waals surface area (Å²) >= 11 is 0. The highest BCUT2D eigenvalue weighted by atomic mass is 16.2. The van der Waals surface area contributed by atoms with Crippen LogP contribution in [0.2, 0.25) is 0 Å². The summed E-state index contributed by atoms with van der Waals surface area (Å²) in [6.07, 6.45) is 7.56. The lowest BCUT2D eigenvalue weighted by atomic mass is 10.1. The van der Waals surface area contributed by atoms with E-state index in [1.807, 2.05) is 17.1 Å². The molecule has 0 aromatic rings. The summed E-state index contributed by atoms with van der Waals surface area (Å²) in [6.45, 7) is 5.13. The van der Waals surface area contributed by atoms with E-state index in [0.717, 1.165) is 38.5 Å². The summed E-state index contributed by atoms with van der Waals surface area (Å²) in [5.74, 6) is 1.27. The second-order valence-electron chi connectivity index (χ2n) is 5.96. The third-order valence-electron chi connectivity index (χ3n) is 4.33. The fraction of sp³-hybridized carbons (Fsp3) is 0.786. The minimum absolute atomic E-state index is 0.0370. The van der Waals surface area contributed by atoms with Gasteiger partial charge in [0.15, 0.2) is 0 Å². The zero-order chi connectivity index (χ0) is 12.5. The standard InChI is InChI=1S/C14H23N3O/c15-13-4-3-12(9-13)14(18)17-7-5-16(6-8-17)10-11-1-2-11/h3-4,11-13H,1-2,5-10,15H2. The van der Waals surface area contributed by atoms with Crippen molar-refractivity contribution in [3.63, 3.8) is 0 Å². The van der Waals surface area contributed by atoms with E-state index in [1.54, 1.807) is 0 Å². The lowest BCUT2D eigenvalue weighted by molar-refractivity contribution is -0.135. The maximum Gasteiger partial charge on any atom is 0.229 e. The fourth-order valence-corrected chi connectivity index (χ4v) is 2.96. The Balaban J connectivity index is 1.46. The molecule has 1 saturated carbocycles. The Morgan fingerprint density at radius 2 is 1.89 bits per heavy atom. The molecule has 1 aliphatic heterocycles. The van der Waals surface area contributed by atoms with Crippen molar-refractivity contribution in [2.24, 2.45) is 17.6 Å². The Morgan fingerprint density at radius 3 is 2.44 bits per heavy atom. The van der Waals surface area contributed by atoms with Gasteiger partial charge in [0.25, 0.3) is 0 Å². The van der Waals surface area contributed by atoms with Crippen LogP contribution in [0.1, 0.15) is 19.3 Å². The van der Waals surface area contributed by atoms with E-state index >= 15 is 0 Å². The number of amides is 1. The van der Waals surface area contributed by atoms with Crippen LogP contribution in [0.5, 0.6) is 0 Å². The van der Waals surface area contributed by atoms with Crippen molar-refractivity contribution in [1.82, 2.24) is 9.80 Å². The van der Waals surface area contributed by atoms with Gasteiger partial charge in [0.05, 0.1) is 5.92 Å². The van der Waals surface area contributed by atoms with Crippen molar-refractivity contribution in [2.45, 2.75) is 25.3 Å². The summed E-state index contributed by atoms with van der Waals surface area (Å²) in [5.41, 5.74) is 5.81. The van der Waals surface area contributed by atoms with Gasteiger partial charge in [0.2, 0.25) is 5.91 Å². The summed E-state index contributed by atoms with van der Waals surface area (Å²) in [6, 6.07) is 0.0788. The first-order valence-corrected chi connectivity index (χ1v) is 7.17. The third kappa shape index (κ3) is 2.75. The normalized spacial score (nSPS) is 33.1. The minimum atomic E-state index is 0.0370. The molecule has 0 aromatic carbocycles. The number of carbonyl (C=O) groups excluding carboxylic acids is 1. The molecule has 1 amide bonds.